The number of ether oxygens (including phenoxy) is 1. The minimum Gasteiger partial charge on any atom is -0.493 e. The molecule has 0 fully saturated rings. The van der Waals surface area contributed by atoms with Crippen LogP contribution in [0.2, 0.25) is 0 Å². The van der Waals surface area contributed by atoms with E-state index in [2.05, 4.69) is 4.98 Å². The Kier molecular flexibility index (Phi) is 4.29. The minimum absolute atomic E-state index is 0.264. The molecule has 94 valence electrons. The molecular weight excluding hydrogens is 229 g/mol. The molecule has 0 aliphatic rings. The second kappa shape index (κ2) is 6.15. The van der Waals surface area contributed by atoms with Gasteiger partial charge in [0, 0.05) is 24.4 Å². The summed E-state index contributed by atoms with van der Waals surface area (Å²) in [6.45, 7) is 2.53. The summed E-state index contributed by atoms with van der Waals surface area (Å²) in [7, 11) is 0. The largest absolute Gasteiger partial charge is 0.493 e. The topological polar surface area (TPSA) is 22.1 Å². The summed E-state index contributed by atoms with van der Waals surface area (Å²) in [6.07, 6.45) is 3.31. The zero-order chi connectivity index (χ0) is 12.8. The van der Waals surface area contributed by atoms with Crippen molar-refractivity contribution in [3.8, 4) is 5.75 Å². The van der Waals surface area contributed by atoms with Gasteiger partial charge in [0.25, 0.3) is 0 Å². The van der Waals surface area contributed by atoms with Crippen molar-refractivity contribution < 1.29 is 9.13 Å². The molecule has 1 aromatic heterocycles. The molecule has 1 heterocycles. The Morgan fingerprint density at radius 2 is 2.11 bits per heavy atom. The van der Waals surface area contributed by atoms with E-state index in [9.17, 15) is 4.39 Å². The van der Waals surface area contributed by atoms with Gasteiger partial charge in [0.2, 0.25) is 0 Å². The van der Waals surface area contributed by atoms with Crippen LogP contribution in [-0.4, -0.2) is 11.6 Å². The van der Waals surface area contributed by atoms with Crippen molar-refractivity contribution in [3.63, 3.8) is 0 Å². The van der Waals surface area contributed by atoms with Gasteiger partial charge in [-0.25, -0.2) is 4.39 Å². The fourth-order valence-electron chi connectivity index (χ4n) is 1.77. The van der Waals surface area contributed by atoms with E-state index >= 15 is 0 Å². The molecule has 0 atom stereocenters. The summed E-state index contributed by atoms with van der Waals surface area (Å²) in [5.74, 6) is 0.369. The van der Waals surface area contributed by atoms with E-state index in [0.717, 1.165) is 24.1 Å². The molecule has 0 spiro atoms. The van der Waals surface area contributed by atoms with Gasteiger partial charge in [-0.05, 0) is 30.2 Å². The lowest BCUT2D eigenvalue weighted by atomic mass is 10.1. The molecule has 18 heavy (non-hydrogen) atoms. The molecule has 1 aromatic carbocycles. The fraction of sp³-hybridized carbons (Fsp3) is 0.267. The number of aromatic nitrogens is 1. The van der Waals surface area contributed by atoms with Crippen LogP contribution in [0, 0.1) is 5.82 Å². The average molecular weight is 245 g/mol. The lowest BCUT2D eigenvalue weighted by Gasteiger charge is -2.10. The Balaban J connectivity index is 1.96. The molecule has 2 nitrogen and oxygen atoms in total. The molecular formula is C15H16FNO. The lowest BCUT2D eigenvalue weighted by molar-refractivity contribution is 0.315. The van der Waals surface area contributed by atoms with Gasteiger partial charge in [-0.3, -0.25) is 4.98 Å². The minimum atomic E-state index is -0.264. The van der Waals surface area contributed by atoms with Crippen molar-refractivity contribution in [2.75, 3.05) is 6.61 Å². The fourth-order valence-corrected chi connectivity index (χ4v) is 1.77. The van der Waals surface area contributed by atoms with Crippen LogP contribution in [0.5, 0.6) is 5.75 Å². The molecule has 0 radical (unpaired) electrons. The molecule has 2 rings (SSSR count). The van der Waals surface area contributed by atoms with Crippen molar-refractivity contribution in [1.29, 1.82) is 0 Å². The maximum atomic E-state index is 13.1. The number of pyridine rings is 1. The number of nitrogens with zero attached hydrogens (tertiary/aromatic N) is 1. The number of hydrogen-bond donors (Lipinski definition) is 0. The highest BCUT2D eigenvalue weighted by Crippen LogP contribution is 2.20. The van der Waals surface area contributed by atoms with Crippen LogP contribution < -0.4 is 4.74 Å². The van der Waals surface area contributed by atoms with E-state index in [0.29, 0.717) is 12.4 Å². The third-order valence-electron chi connectivity index (χ3n) is 2.75. The van der Waals surface area contributed by atoms with Crippen molar-refractivity contribution in [1.82, 2.24) is 4.98 Å². The highest BCUT2D eigenvalue weighted by molar-refractivity contribution is 5.34. The third kappa shape index (κ3) is 3.29. The Labute approximate surface area is 106 Å². The molecule has 0 unspecified atom stereocenters. The van der Waals surface area contributed by atoms with Gasteiger partial charge in [0.15, 0.2) is 0 Å². The molecule has 0 amide bonds. The molecule has 0 bridgehead atoms. The van der Waals surface area contributed by atoms with Crippen LogP contribution in [0.3, 0.4) is 0 Å². The quantitative estimate of drug-likeness (QED) is 0.805. The highest BCUT2D eigenvalue weighted by Gasteiger charge is 2.04. The van der Waals surface area contributed by atoms with E-state index in [1.165, 1.54) is 12.1 Å². The first-order valence-electron chi connectivity index (χ1n) is 6.10. The van der Waals surface area contributed by atoms with Crippen LogP contribution in [0.25, 0.3) is 0 Å². The van der Waals surface area contributed by atoms with E-state index in [1.807, 2.05) is 25.1 Å². The van der Waals surface area contributed by atoms with Crippen molar-refractivity contribution >= 4 is 0 Å². The third-order valence-corrected chi connectivity index (χ3v) is 2.75. The number of benzene rings is 1. The monoisotopic (exact) mass is 245 g/mol. The maximum Gasteiger partial charge on any atom is 0.126 e. The molecule has 0 aliphatic heterocycles. The van der Waals surface area contributed by atoms with Crippen LogP contribution in [0.4, 0.5) is 4.39 Å². The van der Waals surface area contributed by atoms with Gasteiger partial charge >= 0.3 is 0 Å². The molecule has 0 saturated heterocycles. The Morgan fingerprint density at radius 1 is 1.22 bits per heavy atom. The van der Waals surface area contributed by atoms with Gasteiger partial charge in [-0.15, -0.1) is 0 Å². The number of aryl methyl sites for hydroxylation is 1. The van der Waals surface area contributed by atoms with Crippen LogP contribution >= 0.6 is 0 Å². The summed E-state index contributed by atoms with van der Waals surface area (Å²) >= 11 is 0. The van der Waals surface area contributed by atoms with Gasteiger partial charge in [0.1, 0.15) is 11.6 Å². The second-order valence-corrected chi connectivity index (χ2v) is 4.03. The molecule has 0 N–H and O–H groups in total. The zero-order valence-corrected chi connectivity index (χ0v) is 10.4. The standard InChI is InChI=1S/C15H16FNO/c1-2-12-6-7-13(16)11-15(12)18-10-8-14-5-3-4-9-17-14/h3-7,9,11H,2,8,10H2,1H3. The SMILES string of the molecule is CCc1ccc(F)cc1OCCc1ccccn1. The summed E-state index contributed by atoms with van der Waals surface area (Å²) in [4.78, 5) is 4.22. The van der Waals surface area contributed by atoms with Crippen molar-refractivity contribution in [2.24, 2.45) is 0 Å². The lowest BCUT2D eigenvalue weighted by Crippen LogP contribution is -2.04. The van der Waals surface area contributed by atoms with Gasteiger partial charge < -0.3 is 4.74 Å². The average Bonchev–Trinajstić information content (AvgIpc) is 2.40. The number of halogens is 1. The number of rotatable bonds is 5. The van der Waals surface area contributed by atoms with Gasteiger partial charge in [-0.2, -0.15) is 0 Å². The molecule has 2 aromatic rings. The van der Waals surface area contributed by atoms with E-state index in [4.69, 9.17) is 4.74 Å². The first-order chi connectivity index (χ1) is 8.79. The molecule has 0 aliphatic carbocycles. The van der Waals surface area contributed by atoms with Crippen LogP contribution in [0.1, 0.15) is 18.2 Å². The number of hydrogen-bond acceptors (Lipinski definition) is 2. The van der Waals surface area contributed by atoms with Gasteiger partial charge in [0.05, 0.1) is 6.61 Å². The first-order valence-corrected chi connectivity index (χ1v) is 6.10. The second-order valence-electron chi connectivity index (χ2n) is 4.03. The maximum absolute atomic E-state index is 13.1. The molecule has 0 saturated carbocycles. The summed E-state index contributed by atoms with van der Waals surface area (Å²) in [5.41, 5.74) is 2.00. The van der Waals surface area contributed by atoms with Crippen molar-refractivity contribution in [3.05, 3.63) is 59.7 Å². The summed E-state index contributed by atoms with van der Waals surface area (Å²) in [5, 5.41) is 0. The smallest absolute Gasteiger partial charge is 0.126 e. The first kappa shape index (κ1) is 12.6. The highest BCUT2D eigenvalue weighted by atomic mass is 19.1. The summed E-state index contributed by atoms with van der Waals surface area (Å²) < 4.78 is 18.8. The van der Waals surface area contributed by atoms with E-state index in [-0.39, 0.29) is 5.82 Å². The van der Waals surface area contributed by atoms with Gasteiger partial charge in [-0.1, -0.05) is 19.1 Å². The summed E-state index contributed by atoms with van der Waals surface area (Å²) in [6, 6.07) is 10.5. The van der Waals surface area contributed by atoms with E-state index in [1.54, 1.807) is 12.3 Å². The zero-order valence-electron chi connectivity index (χ0n) is 10.4. The molecule has 3 heteroatoms. The normalized spacial score (nSPS) is 10.3. The Bertz CT molecular complexity index is 499. The van der Waals surface area contributed by atoms with E-state index < -0.39 is 0 Å². The Hall–Kier alpha value is -1.90. The van der Waals surface area contributed by atoms with Crippen LogP contribution in [-0.2, 0) is 12.8 Å². The van der Waals surface area contributed by atoms with Crippen LogP contribution in [0.15, 0.2) is 42.6 Å². The predicted molar refractivity (Wildman–Crippen MR) is 69.2 cm³/mol. The van der Waals surface area contributed by atoms with Crippen molar-refractivity contribution in [2.45, 2.75) is 19.8 Å². The predicted octanol–water partition coefficient (Wildman–Crippen LogP) is 3.40. The Morgan fingerprint density at radius 3 is 2.83 bits per heavy atom.